The number of piperidine rings is 1. The maximum Gasteiger partial charge on any atom is 0.255 e. The van der Waals surface area contributed by atoms with Gasteiger partial charge in [-0.3, -0.25) is 4.79 Å². The highest BCUT2D eigenvalue weighted by Gasteiger charge is 2.25. The Morgan fingerprint density at radius 3 is 2.85 bits per heavy atom. The molecule has 1 saturated heterocycles. The van der Waals surface area contributed by atoms with E-state index in [1.165, 1.54) is 13.2 Å². The van der Waals surface area contributed by atoms with E-state index in [1.807, 2.05) is 0 Å². The summed E-state index contributed by atoms with van der Waals surface area (Å²) in [4.78, 5) is 14.5. The molecule has 5 heteroatoms. The van der Waals surface area contributed by atoms with E-state index >= 15 is 0 Å². The molecule has 0 saturated carbocycles. The van der Waals surface area contributed by atoms with Gasteiger partial charge in [0, 0.05) is 24.7 Å². The Morgan fingerprint density at radius 1 is 1.50 bits per heavy atom. The van der Waals surface area contributed by atoms with Crippen molar-refractivity contribution < 1.29 is 14.6 Å². The number of hydrogen-bond acceptors (Lipinski definition) is 4. The van der Waals surface area contributed by atoms with Gasteiger partial charge in [0.05, 0.1) is 12.7 Å². The van der Waals surface area contributed by atoms with E-state index in [2.05, 4.69) is 24.2 Å². The molecule has 1 aromatic rings. The highest BCUT2D eigenvalue weighted by molar-refractivity contribution is 5.97. The SMILES string of the molecule is COc1ccc(C(=O)NC2CCN(C)C(C)C2)c(O)c1. The second-order valence-corrected chi connectivity index (χ2v) is 5.41. The fourth-order valence-corrected chi connectivity index (χ4v) is 2.51. The summed E-state index contributed by atoms with van der Waals surface area (Å²) in [6.07, 6.45) is 1.86. The lowest BCUT2D eigenvalue weighted by molar-refractivity contribution is 0.0894. The van der Waals surface area contributed by atoms with Crippen molar-refractivity contribution in [1.82, 2.24) is 10.2 Å². The Balaban J connectivity index is 2.01. The number of amides is 1. The summed E-state index contributed by atoms with van der Waals surface area (Å²) in [5.74, 6) is 0.252. The summed E-state index contributed by atoms with van der Waals surface area (Å²) in [5.41, 5.74) is 0.289. The van der Waals surface area contributed by atoms with Crippen molar-refractivity contribution in [3.05, 3.63) is 23.8 Å². The van der Waals surface area contributed by atoms with E-state index in [4.69, 9.17) is 4.74 Å². The molecule has 2 rings (SSSR count). The first-order valence-electron chi connectivity index (χ1n) is 6.89. The van der Waals surface area contributed by atoms with Gasteiger partial charge < -0.3 is 20.1 Å². The number of phenols is 1. The first kappa shape index (κ1) is 14.7. The normalized spacial score (nSPS) is 23.4. The van der Waals surface area contributed by atoms with Crippen LogP contribution >= 0.6 is 0 Å². The van der Waals surface area contributed by atoms with Crippen LogP contribution in [-0.4, -0.2) is 48.7 Å². The number of aromatic hydroxyl groups is 1. The van der Waals surface area contributed by atoms with E-state index in [-0.39, 0.29) is 23.3 Å². The molecule has 0 spiro atoms. The number of phenolic OH excluding ortho intramolecular Hbond substituents is 1. The molecule has 1 heterocycles. The van der Waals surface area contributed by atoms with E-state index in [1.54, 1.807) is 12.1 Å². The second kappa shape index (κ2) is 6.13. The zero-order chi connectivity index (χ0) is 14.7. The maximum absolute atomic E-state index is 12.2. The number of rotatable bonds is 3. The third kappa shape index (κ3) is 3.22. The smallest absolute Gasteiger partial charge is 0.255 e. The molecule has 2 N–H and O–H groups in total. The van der Waals surface area contributed by atoms with Crippen molar-refractivity contribution in [2.75, 3.05) is 20.7 Å². The van der Waals surface area contributed by atoms with Crippen molar-refractivity contribution >= 4 is 5.91 Å². The summed E-state index contributed by atoms with van der Waals surface area (Å²) in [6, 6.07) is 5.33. The molecular formula is C15H22N2O3. The molecule has 0 bridgehead atoms. The molecule has 0 radical (unpaired) electrons. The minimum Gasteiger partial charge on any atom is -0.507 e. The van der Waals surface area contributed by atoms with Crippen molar-refractivity contribution in [2.24, 2.45) is 0 Å². The number of carbonyl (C=O) groups is 1. The molecule has 1 aliphatic heterocycles. The minimum atomic E-state index is -0.230. The number of carbonyl (C=O) groups excluding carboxylic acids is 1. The van der Waals surface area contributed by atoms with Crippen molar-refractivity contribution in [3.8, 4) is 11.5 Å². The molecule has 0 aromatic heterocycles. The largest absolute Gasteiger partial charge is 0.507 e. The highest BCUT2D eigenvalue weighted by atomic mass is 16.5. The van der Waals surface area contributed by atoms with Gasteiger partial charge in [-0.05, 0) is 38.9 Å². The van der Waals surface area contributed by atoms with Crippen LogP contribution in [0.25, 0.3) is 0 Å². The van der Waals surface area contributed by atoms with Crippen molar-refractivity contribution in [3.63, 3.8) is 0 Å². The van der Waals surface area contributed by atoms with E-state index in [0.29, 0.717) is 11.8 Å². The van der Waals surface area contributed by atoms with Gasteiger partial charge in [-0.15, -0.1) is 0 Å². The molecular weight excluding hydrogens is 256 g/mol. The highest BCUT2D eigenvalue weighted by Crippen LogP contribution is 2.24. The molecule has 2 unspecified atom stereocenters. The lowest BCUT2D eigenvalue weighted by Crippen LogP contribution is -2.47. The van der Waals surface area contributed by atoms with Crippen LogP contribution in [0.2, 0.25) is 0 Å². The van der Waals surface area contributed by atoms with Crippen LogP contribution in [0.3, 0.4) is 0 Å². The second-order valence-electron chi connectivity index (χ2n) is 5.41. The molecule has 1 aromatic carbocycles. The zero-order valence-corrected chi connectivity index (χ0v) is 12.2. The average Bonchev–Trinajstić information content (AvgIpc) is 2.42. The summed E-state index contributed by atoms with van der Waals surface area (Å²) >= 11 is 0. The van der Waals surface area contributed by atoms with Crippen molar-refractivity contribution in [2.45, 2.75) is 31.8 Å². The van der Waals surface area contributed by atoms with E-state index in [9.17, 15) is 9.90 Å². The fraction of sp³-hybridized carbons (Fsp3) is 0.533. The van der Waals surface area contributed by atoms with Crippen LogP contribution in [0.5, 0.6) is 11.5 Å². The molecule has 1 amide bonds. The zero-order valence-electron chi connectivity index (χ0n) is 12.2. The fourth-order valence-electron chi connectivity index (χ4n) is 2.51. The predicted molar refractivity (Wildman–Crippen MR) is 77.2 cm³/mol. The number of benzene rings is 1. The standard InChI is InChI=1S/C15H22N2O3/c1-10-8-11(6-7-17(10)2)16-15(19)13-5-4-12(20-3)9-14(13)18/h4-5,9-11,18H,6-8H2,1-3H3,(H,16,19). The van der Waals surface area contributed by atoms with Gasteiger partial charge in [0.2, 0.25) is 0 Å². The average molecular weight is 278 g/mol. The van der Waals surface area contributed by atoms with Gasteiger partial charge in [0.1, 0.15) is 11.5 Å². The first-order valence-corrected chi connectivity index (χ1v) is 6.89. The number of methoxy groups -OCH3 is 1. The van der Waals surface area contributed by atoms with Crippen LogP contribution in [0.4, 0.5) is 0 Å². The molecule has 1 aliphatic rings. The Labute approximate surface area is 119 Å². The van der Waals surface area contributed by atoms with Crippen LogP contribution < -0.4 is 10.1 Å². The number of nitrogens with one attached hydrogen (secondary N) is 1. The van der Waals surface area contributed by atoms with Gasteiger partial charge in [-0.25, -0.2) is 0 Å². The van der Waals surface area contributed by atoms with Crippen LogP contribution in [0.1, 0.15) is 30.1 Å². The molecule has 20 heavy (non-hydrogen) atoms. The quantitative estimate of drug-likeness (QED) is 0.882. The van der Waals surface area contributed by atoms with E-state index in [0.717, 1.165) is 19.4 Å². The van der Waals surface area contributed by atoms with Crippen LogP contribution in [0, 0.1) is 0 Å². The topological polar surface area (TPSA) is 61.8 Å². The molecule has 5 nitrogen and oxygen atoms in total. The summed E-state index contributed by atoms with van der Waals surface area (Å²) in [5, 5.41) is 12.9. The summed E-state index contributed by atoms with van der Waals surface area (Å²) < 4.78 is 5.01. The minimum absolute atomic E-state index is 0.0529. The lowest BCUT2D eigenvalue weighted by atomic mass is 9.98. The Bertz CT molecular complexity index is 490. The van der Waals surface area contributed by atoms with Gasteiger partial charge in [-0.2, -0.15) is 0 Å². The van der Waals surface area contributed by atoms with E-state index < -0.39 is 0 Å². The maximum atomic E-state index is 12.2. The monoisotopic (exact) mass is 278 g/mol. The predicted octanol–water partition coefficient (Wildman–Crippen LogP) is 1.61. The molecule has 1 fully saturated rings. The summed E-state index contributed by atoms with van der Waals surface area (Å²) in [6.45, 7) is 3.13. The van der Waals surface area contributed by atoms with Gasteiger partial charge in [-0.1, -0.05) is 0 Å². The Morgan fingerprint density at radius 2 is 2.25 bits per heavy atom. The summed E-state index contributed by atoms with van der Waals surface area (Å²) in [7, 11) is 3.62. The molecule has 2 atom stereocenters. The lowest BCUT2D eigenvalue weighted by Gasteiger charge is -2.35. The van der Waals surface area contributed by atoms with Crippen LogP contribution in [0.15, 0.2) is 18.2 Å². The molecule has 0 aliphatic carbocycles. The van der Waals surface area contributed by atoms with Crippen LogP contribution in [-0.2, 0) is 0 Å². The molecule has 110 valence electrons. The third-order valence-electron chi connectivity index (χ3n) is 3.99. The Hall–Kier alpha value is -1.75. The number of ether oxygens (including phenoxy) is 1. The first-order chi connectivity index (χ1) is 9.51. The van der Waals surface area contributed by atoms with Gasteiger partial charge >= 0.3 is 0 Å². The van der Waals surface area contributed by atoms with Gasteiger partial charge in [0.25, 0.3) is 5.91 Å². The van der Waals surface area contributed by atoms with Crippen molar-refractivity contribution in [1.29, 1.82) is 0 Å². The number of likely N-dealkylation sites (tertiary alicyclic amines) is 1. The number of nitrogens with zero attached hydrogens (tertiary/aromatic N) is 1. The number of hydrogen-bond donors (Lipinski definition) is 2. The van der Waals surface area contributed by atoms with Gasteiger partial charge in [0.15, 0.2) is 0 Å². The third-order valence-corrected chi connectivity index (χ3v) is 3.99. The Kier molecular flexibility index (Phi) is 4.49.